The van der Waals surface area contributed by atoms with Gasteiger partial charge in [-0.15, -0.1) is 5.10 Å². The van der Waals surface area contributed by atoms with Gasteiger partial charge in [0.1, 0.15) is 0 Å². The number of nitrogens with two attached hydrogens (primary N) is 1. The molecule has 0 aliphatic heterocycles. The largest absolute Gasteiger partial charge is 0.325 e. The third kappa shape index (κ3) is 1.83. The van der Waals surface area contributed by atoms with E-state index in [2.05, 4.69) is 10.2 Å². The normalized spacial score (nSPS) is 11.9. The van der Waals surface area contributed by atoms with Crippen LogP contribution in [-0.2, 0) is 5.92 Å². The second-order valence-electron chi connectivity index (χ2n) is 2.98. The predicted molar refractivity (Wildman–Crippen MR) is 49.5 cm³/mol. The fourth-order valence-electron chi connectivity index (χ4n) is 1.11. The van der Waals surface area contributed by atoms with Gasteiger partial charge in [0.15, 0.2) is 5.15 Å². The van der Waals surface area contributed by atoms with E-state index in [0.29, 0.717) is 11.3 Å². The van der Waals surface area contributed by atoms with Crippen LogP contribution in [0, 0.1) is 13.8 Å². The van der Waals surface area contributed by atoms with Crippen LogP contribution in [0.25, 0.3) is 0 Å². The molecule has 0 fully saturated rings. The van der Waals surface area contributed by atoms with Crippen LogP contribution >= 0.6 is 11.6 Å². The van der Waals surface area contributed by atoms with Gasteiger partial charge in [0.2, 0.25) is 0 Å². The van der Waals surface area contributed by atoms with Crippen LogP contribution in [0.5, 0.6) is 0 Å². The van der Waals surface area contributed by atoms with E-state index in [1.54, 1.807) is 6.92 Å². The van der Waals surface area contributed by atoms with Crippen molar-refractivity contribution < 1.29 is 8.78 Å². The number of alkyl halides is 2. The predicted octanol–water partition coefficient (Wildman–Crippen LogP) is 1.80. The third-order valence-electron chi connectivity index (χ3n) is 2.03. The van der Waals surface area contributed by atoms with Crippen molar-refractivity contribution in [2.75, 3.05) is 6.54 Å². The van der Waals surface area contributed by atoms with Crippen LogP contribution in [0.2, 0.25) is 5.15 Å². The maximum absolute atomic E-state index is 13.3. The van der Waals surface area contributed by atoms with Gasteiger partial charge in [-0.2, -0.15) is 13.9 Å². The molecule has 1 aromatic heterocycles. The Kier molecular flexibility index (Phi) is 3.01. The Morgan fingerprint density at radius 3 is 2.43 bits per heavy atom. The van der Waals surface area contributed by atoms with Crippen LogP contribution in [0.3, 0.4) is 0 Å². The van der Waals surface area contributed by atoms with Crippen molar-refractivity contribution >= 4 is 11.6 Å². The first-order valence-electron chi connectivity index (χ1n) is 3.98. The Morgan fingerprint density at radius 2 is 1.93 bits per heavy atom. The average molecular weight is 222 g/mol. The molecule has 1 rings (SSSR count). The van der Waals surface area contributed by atoms with Crippen molar-refractivity contribution in [1.29, 1.82) is 0 Å². The number of hydrogen-bond acceptors (Lipinski definition) is 3. The molecule has 1 aromatic rings. The lowest BCUT2D eigenvalue weighted by Gasteiger charge is -2.17. The molecule has 14 heavy (non-hydrogen) atoms. The molecule has 0 unspecified atom stereocenters. The van der Waals surface area contributed by atoms with E-state index in [1.165, 1.54) is 6.92 Å². The molecule has 0 saturated heterocycles. The minimum atomic E-state index is -3.15. The topological polar surface area (TPSA) is 51.8 Å². The lowest BCUT2D eigenvalue weighted by atomic mass is 10.0. The summed E-state index contributed by atoms with van der Waals surface area (Å²) in [7, 11) is 0. The summed E-state index contributed by atoms with van der Waals surface area (Å²) >= 11 is 5.56. The smallest absolute Gasteiger partial charge is 0.288 e. The summed E-state index contributed by atoms with van der Waals surface area (Å²) in [6, 6.07) is 0. The second-order valence-corrected chi connectivity index (χ2v) is 3.34. The molecule has 3 nitrogen and oxygen atoms in total. The first kappa shape index (κ1) is 11.3. The van der Waals surface area contributed by atoms with Gasteiger partial charge in [-0.05, 0) is 19.4 Å². The highest BCUT2D eigenvalue weighted by atomic mass is 35.5. The van der Waals surface area contributed by atoms with Crippen molar-refractivity contribution in [2.24, 2.45) is 5.73 Å². The molecule has 0 spiro atoms. The molecule has 0 radical (unpaired) electrons. The van der Waals surface area contributed by atoms with Crippen LogP contribution < -0.4 is 5.73 Å². The van der Waals surface area contributed by atoms with Crippen LogP contribution in [0.1, 0.15) is 16.8 Å². The van der Waals surface area contributed by atoms with E-state index in [1.807, 2.05) is 0 Å². The summed E-state index contributed by atoms with van der Waals surface area (Å²) in [6.07, 6.45) is 0. The molecular weight excluding hydrogens is 212 g/mol. The standard InChI is InChI=1S/C8H10ClF2N3/c1-4-5(2)13-14-7(9)6(4)8(10,11)3-12/h3,12H2,1-2H3. The number of halogens is 3. The quantitative estimate of drug-likeness (QED) is 0.829. The van der Waals surface area contributed by atoms with Crippen LogP contribution in [0.4, 0.5) is 8.78 Å². The Hall–Kier alpha value is -0.810. The van der Waals surface area contributed by atoms with Crippen molar-refractivity contribution in [3.05, 3.63) is 22.0 Å². The van der Waals surface area contributed by atoms with E-state index >= 15 is 0 Å². The molecule has 0 amide bonds. The van der Waals surface area contributed by atoms with Crippen molar-refractivity contribution in [3.63, 3.8) is 0 Å². The van der Waals surface area contributed by atoms with E-state index in [-0.39, 0.29) is 10.7 Å². The summed E-state index contributed by atoms with van der Waals surface area (Å²) < 4.78 is 26.6. The molecular formula is C8H10ClF2N3. The van der Waals surface area contributed by atoms with Crippen LogP contribution in [0.15, 0.2) is 0 Å². The van der Waals surface area contributed by atoms with Gasteiger partial charge in [-0.3, -0.25) is 0 Å². The zero-order valence-corrected chi connectivity index (χ0v) is 8.57. The fourth-order valence-corrected chi connectivity index (χ4v) is 1.42. The van der Waals surface area contributed by atoms with E-state index in [0.717, 1.165) is 0 Å². The Morgan fingerprint density at radius 1 is 1.36 bits per heavy atom. The first-order chi connectivity index (χ1) is 6.40. The fraction of sp³-hybridized carbons (Fsp3) is 0.500. The number of rotatable bonds is 2. The van der Waals surface area contributed by atoms with E-state index in [4.69, 9.17) is 17.3 Å². The Balaban J connectivity index is 3.40. The number of nitrogens with zero attached hydrogens (tertiary/aromatic N) is 2. The van der Waals surface area contributed by atoms with Gasteiger partial charge in [-0.1, -0.05) is 11.6 Å². The summed E-state index contributed by atoms with van der Waals surface area (Å²) in [5, 5.41) is 6.78. The lowest BCUT2D eigenvalue weighted by molar-refractivity contribution is 0.00485. The van der Waals surface area contributed by atoms with Gasteiger partial charge in [-0.25, -0.2) is 0 Å². The van der Waals surface area contributed by atoms with E-state index in [9.17, 15) is 8.78 Å². The van der Waals surface area contributed by atoms with Gasteiger partial charge in [0.25, 0.3) is 5.92 Å². The van der Waals surface area contributed by atoms with Crippen LogP contribution in [-0.4, -0.2) is 16.7 Å². The second kappa shape index (κ2) is 3.74. The summed E-state index contributed by atoms with van der Waals surface area (Å²) in [6.45, 7) is 2.32. The molecule has 0 atom stereocenters. The molecule has 6 heteroatoms. The number of aryl methyl sites for hydroxylation is 1. The zero-order chi connectivity index (χ0) is 10.9. The highest BCUT2D eigenvalue weighted by Gasteiger charge is 2.35. The summed E-state index contributed by atoms with van der Waals surface area (Å²) in [5.74, 6) is -3.15. The minimum Gasteiger partial charge on any atom is -0.325 e. The first-order valence-corrected chi connectivity index (χ1v) is 4.35. The SMILES string of the molecule is Cc1nnc(Cl)c(C(F)(F)CN)c1C. The average Bonchev–Trinajstić information content (AvgIpc) is 2.12. The molecule has 0 bridgehead atoms. The maximum Gasteiger partial charge on any atom is 0.288 e. The molecule has 1 heterocycles. The number of hydrogen-bond donors (Lipinski definition) is 1. The molecule has 0 saturated carbocycles. The van der Waals surface area contributed by atoms with Gasteiger partial charge < -0.3 is 5.73 Å². The highest BCUT2D eigenvalue weighted by Crippen LogP contribution is 2.34. The Labute approximate surface area is 85.3 Å². The Bertz CT molecular complexity index is 355. The van der Waals surface area contributed by atoms with Crippen molar-refractivity contribution in [2.45, 2.75) is 19.8 Å². The van der Waals surface area contributed by atoms with Gasteiger partial charge in [0, 0.05) is 0 Å². The van der Waals surface area contributed by atoms with Crippen molar-refractivity contribution in [3.8, 4) is 0 Å². The van der Waals surface area contributed by atoms with E-state index < -0.39 is 12.5 Å². The summed E-state index contributed by atoms with van der Waals surface area (Å²) in [5.41, 5.74) is 5.41. The summed E-state index contributed by atoms with van der Waals surface area (Å²) in [4.78, 5) is 0. The highest BCUT2D eigenvalue weighted by molar-refractivity contribution is 6.30. The monoisotopic (exact) mass is 221 g/mol. The molecule has 0 aliphatic rings. The molecule has 0 aliphatic carbocycles. The molecule has 2 N–H and O–H groups in total. The zero-order valence-electron chi connectivity index (χ0n) is 7.81. The van der Waals surface area contributed by atoms with Gasteiger partial charge in [0.05, 0.1) is 17.8 Å². The lowest BCUT2D eigenvalue weighted by Crippen LogP contribution is -2.27. The molecule has 0 aromatic carbocycles. The van der Waals surface area contributed by atoms with Gasteiger partial charge >= 0.3 is 0 Å². The maximum atomic E-state index is 13.3. The minimum absolute atomic E-state index is 0.288. The third-order valence-corrected chi connectivity index (χ3v) is 2.30. The molecule has 78 valence electrons. The number of aromatic nitrogens is 2. The van der Waals surface area contributed by atoms with Crippen molar-refractivity contribution in [1.82, 2.24) is 10.2 Å².